The van der Waals surface area contributed by atoms with Gasteiger partial charge in [0.05, 0.1) is 11.1 Å². The van der Waals surface area contributed by atoms with Crippen molar-refractivity contribution in [2.45, 2.75) is 20.8 Å². The average Bonchev–Trinajstić information content (AvgIpc) is 2.64. The van der Waals surface area contributed by atoms with Gasteiger partial charge in [0.2, 0.25) is 0 Å². The lowest BCUT2D eigenvalue weighted by Gasteiger charge is -2.21. The topological polar surface area (TPSA) is 58.1 Å². The van der Waals surface area contributed by atoms with E-state index in [4.69, 9.17) is 16.6 Å². The molecule has 26 heavy (non-hydrogen) atoms. The molecular weight excluding hydrogens is 348 g/mol. The molecule has 2 aromatic heterocycles. The van der Waals surface area contributed by atoms with Crippen LogP contribution < -0.4 is 10.2 Å². The zero-order chi connectivity index (χ0) is 18.7. The summed E-state index contributed by atoms with van der Waals surface area (Å²) in [5, 5.41) is 4.28. The van der Waals surface area contributed by atoms with Crippen LogP contribution in [0.25, 0.3) is 10.9 Å². The van der Waals surface area contributed by atoms with Crippen molar-refractivity contribution in [1.82, 2.24) is 9.97 Å². The molecule has 3 aromatic rings. The Balaban J connectivity index is 1.89. The number of halogens is 1. The van der Waals surface area contributed by atoms with E-state index in [0.717, 1.165) is 41.1 Å². The molecule has 0 saturated heterocycles. The minimum atomic E-state index is -0.223. The predicted molar refractivity (Wildman–Crippen MR) is 107 cm³/mol. The van der Waals surface area contributed by atoms with Gasteiger partial charge in [0.25, 0.3) is 5.91 Å². The number of benzene rings is 1. The van der Waals surface area contributed by atoms with Crippen molar-refractivity contribution < 1.29 is 4.79 Å². The SMILES string of the molecule is CCN(CC)c1cc(C)c2cc(NC(=O)c3ccc(Cl)nc3)ccc2n1. The first-order chi connectivity index (χ1) is 12.5. The summed E-state index contributed by atoms with van der Waals surface area (Å²) < 4.78 is 0. The molecule has 0 radical (unpaired) electrons. The van der Waals surface area contributed by atoms with Crippen molar-refractivity contribution in [2.24, 2.45) is 0 Å². The molecule has 0 unspecified atom stereocenters. The number of carbonyl (C=O) groups excluding carboxylic acids is 1. The molecule has 1 amide bonds. The maximum absolute atomic E-state index is 12.4. The second kappa shape index (κ2) is 7.70. The molecule has 0 fully saturated rings. The van der Waals surface area contributed by atoms with Crippen LogP contribution in [-0.2, 0) is 0 Å². The Labute approximate surface area is 158 Å². The number of hydrogen-bond acceptors (Lipinski definition) is 4. The summed E-state index contributed by atoms with van der Waals surface area (Å²) >= 11 is 5.76. The number of carbonyl (C=O) groups is 1. The van der Waals surface area contributed by atoms with E-state index in [-0.39, 0.29) is 5.91 Å². The summed E-state index contributed by atoms with van der Waals surface area (Å²) in [4.78, 5) is 23.3. The number of nitrogens with one attached hydrogen (secondary N) is 1. The molecule has 0 saturated carbocycles. The molecule has 134 valence electrons. The first kappa shape index (κ1) is 18.1. The van der Waals surface area contributed by atoms with Gasteiger partial charge in [-0.1, -0.05) is 11.6 Å². The van der Waals surface area contributed by atoms with Crippen LogP contribution >= 0.6 is 11.6 Å². The van der Waals surface area contributed by atoms with E-state index < -0.39 is 0 Å². The lowest BCUT2D eigenvalue weighted by molar-refractivity contribution is 0.102. The van der Waals surface area contributed by atoms with Crippen LogP contribution in [0.15, 0.2) is 42.6 Å². The molecule has 2 heterocycles. The second-order valence-electron chi connectivity index (χ2n) is 6.03. The zero-order valence-corrected chi connectivity index (χ0v) is 15.8. The highest BCUT2D eigenvalue weighted by atomic mass is 35.5. The van der Waals surface area contributed by atoms with Gasteiger partial charge in [0.1, 0.15) is 11.0 Å². The fraction of sp³-hybridized carbons (Fsp3) is 0.250. The molecule has 0 spiro atoms. The van der Waals surface area contributed by atoms with E-state index in [1.54, 1.807) is 12.1 Å². The van der Waals surface area contributed by atoms with Gasteiger partial charge in [-0.25, -0.2) is 9.97 Å². The number of hydrogen-bond donors (Lipinski definition) is 1. The summed E-state index contributed by atoms with van der Waals surface area (Å²) in [6, 6.07) is 11.1. The van der Waals surface area contributed by atoms with Crippen LogP contribution in [0.3, 0.4) is 0 Å². The maximum Gasteiger partial charge on any atom is 0.257 e. The highest BCUT2D eigenvalue weighted by molar-refractivity contribution is 6.29. The van der Waals surface area contributed by atoms with Gasteiger partial charge >= 0.3 is 0 Å². The minimum Gasteiger partial charge on any atom is -0.357 e. The Hall–Kier alpha value is -2.66. The Kier molecular flexibility index (Phi) is 5.38. The normalized spacial score (nSPS) is 10.8. The van der Waals surface area contributed by atoms with E-state index >= 15 is 0 Å². The van der Waals surface area contributed by atoms with Crippen molar-refractivity contribution in [3.05, 3.63) is 58.9 Å². The van der Waals surface area contributed by atoms with Gasteiger partial charge in [-0.3, -0.25) is 4.79 Å². The number of rotatable bonds is 5. The van der Waals surface area contributed by atoms with Crippen molar-refractivity contribution in [2.75, 3.05) is 23.3 Å². The molecule has 6 heteroatoms. The summed E-state index contributed by atoms with van der Waals surface area (Å²) in [5.41, 5.74) is 3.22. The number of fused-ring (bicyclic) bond motifs is 1. The predicted octanol–water partition coefficient (Wildman–Crippen LogP) is 4.69. The lowest BCUT2D eigenvalue weighted by atomic mass is 10.1. The van der Waals surface area contributed by atoms with Crippen LogP contribution in [0.5, 0.6) is 0 Å². The monoisotopic (exact) mass is 368 g/mol. The van der Waals surface area contributed by atoms with Gasteiger partial charge in [-0.15, -0.1) is 0 Å². The summed E-state index contributed by atoms with van der Waals surface area (Å²) in [5.74, 6) is 0.753. The number of anilines is 2. The molecule has 0 aliphatic rings. The van der Waals surface area contributed by atoms with Crippen molar-refractivity contribution >= 4 is 39.9 Å². The van der Waals surface area contributed by atoms with Gasteiger partial charge in [-0.05, 0) is 62.7 Å². The number of aromatic nitrogens is 2. The van der Waals surface area contributed by atoms with Gasteiger partial charge in [0.15, 0.2) is 0 Å². The molecular formula is C20H21ClN4O. The lowest BCUT2D eigenvalue weighted by Crippen LogP contribution is -2.23. The van der Waals surface area contributed by atoms with Crippen molar-refractivity contribution in [3.63, 3.8) is 0 Å². The Morgan fingerprint density at radius 2 is 1.92 bits per heavy atom. The molecule has 1 aromatic carbocycles. The van der Waals surface area contributed by atoms with Crippen LogP contribution in [-0.4, -0.2) is 29.0 Å². The fourth-order valence-electron chi connectivity index (χ4n) is 2.88. The van der Waals surface area contributed by atoms with Gasteiger partial charge < -0.3 is 10.2 Å². The molecule has 0 aliphatic heterocycles. The fourth-order valence-corrected chi connectivity index (χ4v) is 2.99. The zero-order valence-electron chi connectivity index (χ0n) is 15.1. The van der Waals surface area contributed by atoms with Gasteiger partial charge in [-0.2, -0.15) is 0 Å². The van der Waals surface area contributed by atoms with Crippen LogP contribution in [0.1, 0.15) is 29.8 Å². The second-order valence-corrected chi connectivity index (χ2v) is 6.41. The highest BCUT2D eigenvalue weighted by Crippen LogP contribution is 2.25. The molecule has 0 bridgehead atoms. The standard InChI is InChI=1S/C20H21ClN4O/c1-4-25(5-2)19-10-13(3)16-11-15(7-8-17(16)24-19)23-20(26)14-6-9-18(21)22-12-14/h6-12H,4-5H2,1-3H3,(H,23,26). The number of pyridine rings is 2. The Morgan fingerprint density at radius 1 is 1.15 bits per heavy atom. The highest BCUT2D eigenvalue weighted by Gasteiger charge is 2.10. The van der Waals surface area contributed by atoms with E-state index in [1.807, 2.05) is 18.2 Å². The van der Waals surface area contributed by atoms with Crippen molar-refractivity contribution in [1.29, 1.82) is 0 Å². The molecule has 0 atom stereocenters. The average molecular weight is 369 g/mol. The molecule has 3 rings (SSSR count). The third kappa shape index (κ3) is 3.78. The first-order valence-corrected chi connectivity index (χ1v) is 8.99. The first-order valence-electron chi connectivity index (χ1n) is 8.61. The van der Waals surface area contributed by atoms with E-state index in [2.05, 4.69) is 42.0 Å². The molecule has 1 N–H and O–H groups in total. The van der Waals surface area contributed by atoms with Crippen molar-refractivity contribution in [3.8, 4) is 0 Å². The smallest absolute Gasteiger partial charge is 0.257 e. The van der Waals surface area contributed by atoms with Crippen LogP contribution in [0, 0.1) is 6.92 Å². The van der Waals surface area contributed by atoms with Gasteiger partial charge in [0, 0.05) is 30.4 Å². The van der Waals surface area contributed by atoms with Crippen LogP contribution in [0.4, 0.5) is 11.5 Å². The number of nitrogens with zero attached hydrogens (tertiary/aromatic N) is 3. The number of amides is 1. The molecule has 0 aliphatic carbocycles. The largest absolute Gasteiger partial charge is 0.357 e. The van der Waals surface area contributed by atoms with E-state index in [9.17, 15) is 4.79 Å². The molecule has 5 nitrogen and oxygen atoms in total. The van der Waals surface area contributed by atoms with E-state index in [1.165, 1.54) is 6.20 Å². The summed E-state index contributed by atoms with van der Waals surface area (Å²) in [7, 11) is 0. The quantitative estimate of drug-likeness (QED) is 0.664. The maximum atomic E-state index is 12.4. The van der Waals surface area contributed by atoms with Crippen LogP contribution in [0.2, 0.25) is 5.15 Å². The minimum absolute atomic E-state index is 0.223. The number of aryl methyl sites for hydroxylation is 1. The van der Waals surface area contributed by atoms with E-state index in [0.29, 0.717) is 10.7 Å². The Bertz CT molecular complexity index is 936. The third-order valence-corrected chi connectivity index (χ3v) is 4.56. The Morgan fingerprint density at radius 3 is 2.58 bits per heavy atom. The third-order valence-electron chi connectivity index (χ3n) is 4.34. The summed E-state index contributed by atoms with van der Waals surface area (Å²) in [6.45, 7) is 8.13. The summed E-state index contributed by atoms with van der Waals surface area (Å²) in [6.07, 6.45) is 1.46.